The molecule has 28 heavy (non-hydrogen) atoms. The third-order valence-electron chi connectivity index (χ3n) is 5.02. The molecule has 0 fully saturated rings. The average molecular weight is 389 g/mol. The normalized spacial score (nSPS) is 17.2. The van der Waals surface area contributed by atoms with Crippen LogP contribution in [0.2, 0.25) is 0 Å². The van der Waals surface area contributed by atoms with Crippen LogP contribution < -0.4 is 4.74 Å². The van der Waals surface area contributed by atoms with Gasteiger partial charge in [-0.15, -0.1) is 0 Å². The second-order valence-corrected chi connectivity index (χ2v) is 7.21. The topological polar surface area (TPSA) is 70.1 Å². The van der Waals surface area contributed by atoms with E-state index in [-0.39, 0.29) is 23.9 Å². The minimum absolute atomic E-state index is 0.0138. The first-order chi connectivity index (χ1) is 13.3. The number of ether oxygens (including phenoxy) is 1. The van der Waals surface area contributed by atoms with Crippen LogP contribution in [-0.2, 0) is 9.59 Å². The van der Waals surface area contributed by atoms with Crippen molar-refractivity contribution in [1.29, 1.82) is 0 Å². The summed E-state index contributed by atoms with van der Waals surface area (Å²) in [7, 11) is 0. The minimum Gasteiger partial charge on any atom is -0.503 e. The molecule has 0 bridgehead atoms. The van der Waals surface area contributed by atoms with Gasteiger partial charge in [0, 0.05) is 19.5 Å². The first-order valence-electron chi connectivity index (χ1n) is 10.1. The van der Waals surface area contributed by atoms with Gasteiger partial charge in [-0.3, -0.25) is 9.59 Å². The number of nitrogens with zero attached hydrogens (tertiary/aromatic N) is 2. The Hall–Kier alpha value is -2.34. The lowest BCUT2D eigenvalue weighted by Crippen LogP contribution is -2.38. The van der Waals surface area contributed by atoms with Gasteiger partial charge >= 0.3 is 0 Å². The summed E-state index contributed by atoms with van der Waals surface area (Å²) in [4.78, 5) is 29.2. The Labute approximate surface area is 167 Å². The number of rotatable bonds is 10. The molecule has 154 valence electrons. The highest BCUT2D eigenvalue weighted by Gasteiger charge is 2.42. The van der Waals surface area contributed by atoms with Crippen LogP contribution in [-0.4, -0.2) is 58.9 Å². The van der Waals surface area contributed by atoms with Crippen LogP contribution in [0.5, 0.6) is 5.75 Å². The third kappa shape index (κ3) is 4.73. The Balaban J connectivity index is 2.42. The van der Waals surface area contributed by atoms with Crippen molar-refractivity contribution in [3.05, 3.63) is 41.2 Å². The quantitative estimate of drug-likeness (QED) is 0.664. The van der Waals surface area contributed by atoms with Gasteiger partial charge in [0.05, 0.1) is 17.7 Å². The van der Waals surface area contributed by atoms with E-state index in [4.69, 9.17) is 4.74 Å². The van der Waals surface area contributed by atoms with E-state index in [1.807, 2.05) is 38.1 Å². The fraction of sp³-hybridized carbons (Fsp3) is 0.545. The van der Waals surface area contributed by atoms with Crippen molar-refractivity contribution in [1.82, 2.24) is 9.80 Å². The van der Waals surface area contributed by atoms with E-state index in [0.717, 1.165) is 18.7 Å². The molecular formula is C22H32N2O4. The van der Waals surface area contributed by atoms with Crippen molar-refractivity contribution < 1.29 is 19.4 Å². The fourth-order valence-corrected chi connectivity index (χ4v) is 3.53. The second-order valence-electron chi connectivity index (χ2n) is 7.21. The molecular weight excluding hydrogens is 356 g/mol. The standard InChI is InChI=1S/C22H32N2O4/c1-6-18(25)19-20(16-10-9-11-17(14-16)28-15(4)5)24(22(27)21(19)26)13-12-23(7-2)8-3/h9-11,14-15,20,26H,6-8,12-13H2,1-5H3. The molecule has 0 saturated carbocycles. The molecule has 2 rings (SSSR count). The highest BCUT2D eigenvalue weighted by atomic mass is 16.5. The number of benzene rings is 1. The van der Waals surface area contributed by atoms with Crippen LogP contribution in [0.15, 0.2) is 35.6 Å². The predicted octanol–water partition coefficient (Wildman–Crippen LogP) is 3.49. The smallest absolute Gasteiger partial charge is 0.290 e. The third-order valence-corrected chi connectivity index (χ3v) is 5.02. The number of hydrogen-bond donors (Lipinski definition) is 1. The predicted molar refractivity (Wildman–Crippen MR) is 109 cm³/mol. The summed E-state index contributed by atoms with van der Waals surface area (Å²) in [6, 6.07) is 6.84. The first kappa shape index (κ1) is 22.0. The van der Waals surface area contributed by atoms with Crippen LogP contribution in [0, 0.1) is 0 Å². The van der Waals surface area contributed by atoms with Crippen molar-refractivity contribution in [3.63, 3.8) is 0 Å². The van der Waals surface area contributed by atoms with Gasteiger partial charge < -0.3 is 19.6 Å². The van der Waals surface area contributed by atoms with Crippen molar-refractivity contribution in [2.75, 3.05) is 26.2 Å². The summed E-state index contributed by atoms with van der Waals surface area (Å²) in [5.74, 6) is -0.439. The number of carbonyl (C=O) groups excluding carboxylic acids is 2. The molecule has 1 heterocycles. The summed E-state index contributed by atoms with van der Waals surface area (Å²) in [5, 5.41) is 10.5. The van der Waals surface area contributed by atoms with Crippen LogP contribution in [0.4, 0.5) is 0 Å². The lowest BCUT2D eigenvalue weighted by atomic mass is 9.95. The molecule has 1 unspecified atom stereocenters. The van der Waals surface area contributed by atoms with E-state index in [1.54, 1.807) is 11.8 Å². The van der Waals surface area contributed by atoms with Crippen LogP contribution >= 0.6 is 0 Å². The van der Waals surface area contributed by atoms with Gasteiger partial charge in [-0.25, -0.2) is 0 Å². The SMILES string of the molecule is CCC(=O)C1=C(O)C(=O)N(CCN(CC)CC)C1c1cccc(OC(C)C)c1. The van der Waals surface area contributed by atoms with Crippen molar-refractivity contribution in [2.24, 2.45) is 0 Å². The minimum atomic E-state index is -0.591. The van der Waals surface area contributed by atoms with Crippen LogP contribution in [0.25, 0.3) is 0 Å². The number of carbonyl (C=O) groups is 2. The average Bonchev–Trinajstić information content (AvgIpc) is 2.92. The zero-order valence-electron chi connectivity index (χ0n) is 17.6. The van der Waals surface area contributed by atoms with Crippen molar-refractivity contribution in [2.45, 2.75) is 53.2 Å². The number of likely N-dealkylation sites (N-methyl/N-ethyl adjacent to an activating group) is 1. The second kappa shape index (κ2) is 9.73. The molecule has 1 aromatic carbocycles. The highest BCUT2D eigenvalue weighted by molar-refractivity contribution is 6.08. The first-order valence-corrected chi connectivity index (χ1v) is 10.1. The fourth-order valence-electron chi connectivity index (χ4n) is 3.53. The van der Waals surface area contributed by atoms with E-state index < -0.39 is 17.7 Å². The zero-order valence-corrected chi connectivity index (χ0v) is 17.6. The molecule has 1 N–H and O–H groups in total. The van der Waals surface area contributed by atoms with Gasteiger partial charge in [-0.2, -0.15) is 0 Å². The lowest BCUT2D eigenvalue weighted by molar-refractivity contribution is -0.129. The van der Waals surface area contributed by atoms with Gasteiger partial charge in [0.1, 0.15) is 5.75 Å². The summed E-state index contributed by atoms with van der Waals surface area (Å²) < 4.78 is 5.78. The molecule has 1 aliphatic rings. The Kier molecular flexibility index (Phi) is 7.63. The van der Waals surface area contributed by atoms with Gasteiger partial charge in [0.25, 0.3) is 5.91 Å². The molecule has 1 aliphatic heterocycles. The summed E-state index contributed by atoms with van der Waals surface area (Å²) >= 11 is 0. The molecule has 0 spiro atoms. The lowest BCUT2D eigenvalue weighted by Gasteiger charge is -2.29. The maximum absolute atomic E-state index is 12.8. The number of aliphatic hydroxyl groups excluding tert-OH is 1. The molecule has 6 nitrogen and oxygen atoms in total. The van der Waals surface area contributed by atoms with E-state index in [0.29, 0.717) is 18.8 Å². The number of amides is 1. The van der Waals surface area contributed by atoms with Gasteiger partial charge in [0.2, 0.25) is 0 Å². The Morgan fingerprint density at radius 1 is 1.25 bits per heavy atom. The Bertz CT molecular complexity index is 738. The summed E-state index contributed by atoms with van der Waals surface area (Å²) in [6.07, 6.45) is 0.245. The Morgan fingerprint density at radius 2 is 1.93 bits per heavy atom. The summed E-state index contributed by atoms with van der Waals surface area (Å²) in [5.41, 5.74) is 0.959. The zero-order chi connectivity index (χ0) is 20.8. The van der Waals surface area contributed by atoms with E-state index >= 15 is 0 Å². The molecule has 1 aromatic rings. The molecule has 6 heteroatoms. The highest BCUT2D eigenvalue weighted by Crippen LogP contribution is 2.39. The van der Waals surface area contributed by atoms with Gasteiger partial charge in [-0.1, -0.05) is 32.9 Å². The molecule has 1 amide bonds. The Morgan fingerprint density at radius 3 is 2.50 bits per heavy atom. The molecule has 0 radical (unpaired) electrons. The number of hydrogen-bond acceptors (Lipinski definition) is 5. The maximum atomic E-state index is 12.8. The van der Waals surface area contributed by atoms with E-state index in [2.05, 4.69) is 18.7 Å². The molecule has 1 atom stereocenters. The number of Topliss-reactive ketones (excluding diaryl/α,β-unsaturated/α-hetero) is 1. The molecule has 0 saturated heterocycles. The molecule has 0 aromatic heterocycles. The van der Waals surface area contributed by atoms with Crippen LogP contribution in [0.1, 0.15) is 52.6 Å². The van der Waals surface area contributed by atoms with Crippen molar-refractivity contribution >= 4 is 11.7 Å². The number of aliphatic hydroxyl groups is 1. The van der Waals surface area contributed by atoms with Crippen LogP contribution in [0.3, 0.4) is 0 Å². The summed E-state index contributed by atoms with van der Waals surface area (Å²) in [6.45, 7) is 12.6. The van der Waals surface area contributed by atoms with E-state index in [9.17, 15) is 14.7 Å². The van der Waals surface area contributed by atoms with Crippen molar-refractivity contribution in [3.8, 4) is 5.75 Å². The van der Waals surface area contributed by atoms with Gasteiger partial charge in [-0.05, 0) is 44.6 Å². The maximum Gasteiger partial charge on any atom is 0.290 e. The molecule has 0 aliphatic carbocycles. The monoisotopic (exact) mass is 388 g/mol. The largest absolute Gasteiger partial charge is 0.503 e. The van der Waals surface area contributed by atoms with Gasteiger partial charge in [0.15, 0.2) is 11.5 Å². The van der Waals surface area contributed by atoms with E-state index in [1.165, 1.54) is 0 Å². The number of ketones is 1.